The molecule has 0 aliphatic heterocycles. The number of anilines is 1. The highest BCUT2D eigenvalue weighted by atomic mass is 16.6. The maximum Gasteiger partial charge on any atom is 0.437 e. The number of hydrogen-bond acceptors (Lipinski definition) is 6. The highest BCUT2D eigenvalue weighted by Gasteiger charge is 2.27. The lowest BCUT2D eigenvalue weighted by Crippen LogP contribution is -2.13. The summed E-state index contributed by atoms with van der Waals surface area (Å²) in [6.45, 7) is 3.46. The van der Waals surface area contributed by atoms with Crippen molar-refractivity contribution in [3.05, 3.63) is 20.5 Å². The van der Waals surface area contributed by atoms with Crippen LogP contribution >= 0.6 is 0 Å². The second-order valence-electron chi connectivity index (χ2n) is 3.76. The van der Waals surface area contributed by atoms with Crippen LogP contribution in [0.4, 0.5) is 11.9 Å². The molecule has 9 nitrogen and oxygen atoms in total. The number of imidazole rings is 1. The maximum atomic E-state index is 11.5. The van der Waals surface area contributed by atoms with E-state index in [1.54, 1.807) is 13.8 Å². The van der Waals surface area contributed by atoms with E-state index >= 15 is 0 Å². The van der Waals surface area contributed by atoms with Gasteiger partial charge in [0.2, 0.25) is 11.6 Å². The van der Waals surface area contributed by atoms with Crippen molar-refractivity contribution in [3.8, 4) is 0 Å². The Labute approximate surface area is 94.4 Å². The van der Waals surface area contributed by atoms with Gasteiger partial charge in [-0.25, -0.2) is 4.57 Å². The Balaban J connectivity index is 2.95. The van der Waals surface area contributed by atoms with Gasteiger partial charge in [-0.15, -0.1) is 0 Å². The summed E-state index contributed by atoms with van der Waals surface area (Å²) in [7, 11) is 0. The van der Waals surface area contributed by atoms with Crippen LogP contribution in [0.25, 0.3) is 11.2 Å². The number of nitrogens with two attached hydrogens (primary N) is 1. The molecule has 0 aliphatic rings. The van der Waals surface area contributed by atoms with Crippen molar-refractivity contribution in [3.63, 3.8) is 0 Å². The van der Waals surface area contributed by atoms with Gasteiger partial charge < -0.3 is 15.8 Å². The molecule has 2 aromatic rings. The van der Waals surface area contributed by atoms with Crippen molar-refractivity contribution in [2.24, 2.45) is 0 Å². The third-order valence-corrected chi connectivity index (χ3v) is 2.23. The number of aromatic amines is 1. The zero-order valence-electron chi connectivity index (χ0n) is 9.17. The van der Waals surface area contributed by atoms with Crippen molar-refractivity contribution in [1.82, 2.24) is 19.5 Å². The first-order valence-electron chi connectivity index (χ1n) is 4.84. The summed E-state index contributed by atoms with van der Waals surface area (Å²) in [5.41, 5.74) is 4.85. The molecule has 90 valence electrons. The number of nitro groups is 1. The van der Waals surface area contributed by atoms with E-state index in [1.807, 2.05) is 0 Å². The van der Waals surface area contributed by atoms with Crippen LogP contribution < -0.4 is 11.3 Å². The minimum absolute atomic E-state index is 0.0837. The monoisotopic (exact) mass is 238 g/mol. The van der Waals surface area contributed by atoms with E-state index in [0.717, 1.165) is 0 Å². The molecule has 9 heteroatoms. The van der Waals surface area contributed by atoms with Gasteiger partial charge >= 0.3 is 5.95 Å². The van der Waals surface area contributed by atoms with E-state index in [2.05, 4.69) is 15.0 Å². The first-order valence-corrected chi connectivity index (χ1v) is 4.84. The zero-order valence-corrected chi connectivity index (χ0v) is 9.17. The van der Waals surface area contributed by atoms with Gasteiger partial charge in [-0.2, -0.15) is 4.98 Å². The fourth-order valence-corrected chi connectivity index (χ4v) is 1.59. The van der Waals surface area contributed by atoms with E-state index in [-0.39, 0.29) is 23.2 Å². The van der Waals surface area contributed by atoms with Gasteiger partial charge in [-0.1, -0.05) is 4.98 Å². The second-order valence-corrected chi connectivity index (χ2v) is 3.76. The molecule has 2 heterocycles. The Morgan fingerprint density at radius 2 is 2.12 bits per heavy atom. The van der Waals surface area contributed by atoms with E-state index in [0.29, 0.717) is 0 Å². The van der Waals surface area contributed by atoms with Crippen molar-refractivity contribution in [2.75, 3.05) is 5.73 Å². The Kier molecular flexibility index (Phi) is 2.30. The third-order valence-electron chi connectivity index (χ3n) is 2.23. The molecule has 3 N–H and O–H groups in total. The topological polar surface area (TPSA) is 133 Å². The van der Waals surface area contributed by atoms with Gasteiger partial charge in [0.05, 0.1) is 6.04 Å². The van der Waals surface area contributed by atoms with Gasteiger partial charge in [0, 0.05) is 0 Å². The molecule has 0 amide bonds. The zero-order chi connectivity index (χ0) is 12.7. The van der Waals surface area contributed by atoms with Crippen molar-refractivity contribution in [2.45, 2.75) is 19.9 Å². The van der Waals surface area contributed by atoms with E-state index < -0.39 is 16.4 Å². The summed E-state index contributed by atoms with van der Waals surface area (Å²) >= 11 is 0. The van der Waals surface area contributed by atoms with Crippen molar-refractivity contribution in [1.29, 1.82) is 0 Å². The highest BCUT2D eigenvalue weighted by Crippen LogP contribution is 2.22. The molecule has 0 aliphatic carbocycles. The summed E-state index contributed by atoms with van der Waals surface area (Å²) in [4.78, 5) is 31.5. The Morgan fingerprint density at radius 1 is 1.47 bits per heavy atom. The molecule has 2 rings (SSSR count). The molecule has 0 radical (unpaired) electrons. The maximum absolute atomic E-state index is 11.5. The number of H-pyrrole nitrogens is 1. The number of fused-ring (bicyclic) bond motifs is 1. The summed E-state index contributed by atoms with van der Waals surface area (Å²) in [5, 5.41) is 10.8. The van der Waals surface area contributed by atoms with Crippen molar-refractivity contribution < 1.29 is 4.92 Å². The van der Waals surface area contributed by atoms with Gasteiger partial charge in [-0.05, 0) is 18.8 Å². The van der Waals surface area contributed by atoms with Crippen LogP contribution in [0.15, 0.2) is 4.79 Å². The Bertz CT molecular complexity index is 655. The molecule has 0 spiro atoms. The second kappa shape index (κ2) is 3.54. The normalized spacial score (nSPS) is 11.2. The number of rotatable bonds is 2. The van der Waals surface area contributed by atoms with Gasteiger partial charge in [-0.3, -0.25) is 9.78 Å². The lowest BCUT2D eigenvalue weighted by molar-refractivity contribution is -0.396. The molecule has 0 fully saturated rings. The molecule has 0 bridgehead atoms. The molecule has 0 saturated heterocycles. The minimum atomic E-state index is -0.655. The summed E-state index contributed by atoms with van der Waals surface area (Å²) in [6, 6.07) is -0.255. The van der Waals surface area contributed by atoms with Crippen molar-refractivity contribution >= 4 is 23.1 Å². The number of aromatic nitrogens is 4. The molecule has 0 aromatic carbocycles. The van der Waals surface area contributed by atoms with Gasteiger partial charge in [0.25, 0.3) is 11.1 Å². The predicted molar refractivity (Wildman–Crippen MR) is 59.6 cm³/mol. The van der Waals surface area contributed by atoms with Crippen LogP contribution in [0, 0.1) is 10.1 Å². The average molecular weight is 238 g/mol. The fraction of sp³-hybridized carbons (Fsp3) is 0.375. The van der Waals surface area contributed by atoms with Crippen LogP contribution in [-0.2, 0) is 0 Å². The lowest BCUT2D eigenvalue weighted by atomic mass is 10.4. The number of nitrogen functional groups attached to an aromatic ring is 1. The third kappa shape index (κ3) is 1.61. The lowest BCUT2D eigenvalue weighted by Gasteiger charge is -2.04. The van der Waals surface area contributed by atoms with Crippen LogP contribution in [0.1, 0.15) is 19.9 Å². The van der Waals surface area contributed by atoms with Gasteiger partial charge in [0.15, 0.2) is 0 Å². The summed E-state index contributed by atoms with van der Waals surface area (Å²) in [5.74, 6) is -0.516. The highest BCUT2D eigenvalue weighted by molar-refractivity contribution is 5.73. The molecular weight excluding hydrogens is 228 g/mol. The van der Waals surface area contributed by atoms with Crippen LogP contribution in [0.3, 0.4) is 0 Å². The standard InChI is InChI=1S/C8H10N6O3/c1-3(2)13-5-4(10-8(13)14(16)17)6(15)12-7(9)11-5/h3H,1-2H3,(H3,9,11,12,15). The Hall–Kier alpha value is -2.45. The van der Waals surface area contributed by atoms with Crippen LogP contribution in [0.2, 0.25) is 0 Å². The Morgan fingerprint density at radius 3 is 2.65 bits per heavy atom. The van der Waals surface area contributed by atoms with Crippen LogP contribution in [-0.4, -0.2) is 24.4 Å². The molecule has 0 unspecified atom stereocenters. The first kappa shape index (κ1) is 11.0. The number of nitrogens with one attached hydrogen (secondary N) is 1. The van der Waals surface area contributed by atoms with E-state index in [9.17, 15) is 14.9 Å². The largest absolute Gasteiger partial charge is 0.437 e. The van der Waals surface area contributed by atoms with E-state index in [4.69, 9.17) is 5.73 Å². The van der Waals surface area contributed by atoms with E-state index in [1.165, 1.54) is 4.57 Å². The summed E-state index contributed by atoms with van der Waals surface area (Å²) < 4.78 is 1.26. The fourth-order valence-electron chi connectivity index (χ4n) is 1.59. The molecule has 2 aromatic heterocycles. The number of nitrogens with zero attached hydrogens (tertiary/aromatic N) is 4. The number of hydrogen-bond donors (Lipinski definition) is 2. The molecular formula is C8H10N6O3. The molecule has 17 heavy (non-hydrogen) atoms. The smallest absolute Gasteiger partial charge is 0.390 e. The summed E-state index contributed by atoms with van der Waals surface area (Å²) in [6.07, 6.45) is 0. The predicted octanol–water partition coefficient (Wildman–Crippen LogP) is 0.191. The van der Waals surface area contributed by atoms with Crippen LogP contribution in [0.5, 0.6) is 0 Å². The minimum Gasteiger partial charge on any atom is -0.390 e. The average Bonchev–Trinajstić information content (AvgIpc) is 2.56. The van der Waals surface area contributed by atoms with Gasteiger partial charge in [0.1, 0.15) is 0 Å². The quantitative estimate of drug-likeness (QED) is 0.566. The SMILES string of the molecule is CC(C)n1c([N+](=O)[O-])nc2c(=O)[nH]c(N)nc21. The molecule has 0 atom stereocenters. The molecule has 0 saturated carbocycles. The first-order chi connectivity index (χ1) is 7.91.